The lowest BCUT2D eigenvalue weighted by Crippen LogP contribution is -2.39. The Labute approximate surface area is 87.6 Å². The van der Waals surface area contributed by atoms with Crippen molar-refractivity contribution in [3.63, 3.8) is 0 Å². The van der Waals surface area contributed by atoms with Gasteiger partial charge in [0.25, 0.3) is 0 Å². The first kappa shape index (κ1) is 13.4. The molecule has 0 radical (unpaired) electrons. The van der Waals surface area contributed by atoms with E-state index in [4.69, 9.17) is 0 Å². The van der Waals surface area contributed by atoms with Crippen molar-refractivity contribution in [2.75, 3.05) is 13.1 Å². The largest absolute Gasteiger partial charge is 0.355 e. The quantitative estimate of drug-likeness (QED) is 0.636. The molecule has 0 fully saturated rings. The van der Waals surface area contributed by atoms with Crippen LogP contribution in [0.2, 0.25) is 0 Å². The van der Waals surface area contributed by atoms with Crippen LogP contribution in [0.3, 0.4) is 0 Å². The van der Waals surface area contributed by atoms with E-state index in [1.165, 1.54) is 0 Å². The predicted octanol–water partition coefficient (Wildman–Crippen LogP) is 1.39. The molecule has 0 aromatic rings. The van der Waals surface area contributed by atoms with E-state index in [-0.39, 0.29) is 11.8 Å². The van der Waals surface area contributed by atoms with E-state index in [2.05, 4.69) is 31.4 Å². The van der Waals surface area contributed by atoms with Crippen LogP contribution in [0.1, 0.15) is 34.6 Å². The Bertz CT molecular complexity index is 167. The summed E-state index contributed by atoms with van der Waals surface area (Å²) in [5.41, 5.74) is 0. The second-order valence-corrected chi connectivity index (χ2v) is 4.43. The maximum atomic E-state index is 11.2. The van der Waals surface area contributed by atoms with Gasteiger partial charge in [-0.1, -0.05) is 27.7 Å². The molecule has 0 aliphatic carbocycles. The maximum absolute atomic E-state index is 11.2. The third kappa shape index (κ3) is 5.97. The highest BCUT2D eigenvalue weighted by molar-refractivity contribution is 5.77. The van der Waals surface area contributed by atoms with Crippen molar-refractivity contribution in [3.05, 3.63) is 0 Å². The van der Waals surface area contributed by atoms with Gasteiger partial charge in [-0.25, -0.2) is 0 Å². The predicted molar refractivity (Wildman–Crippen MR) is 60.2 cm³/mol. The molecular formula is C11H24N2O. The van der Waals surface area contributed by atoms with Crippen molar-refractivity contribution >= 4 is 5.91 Å². The van der Waals surface area contributed by atoms with E-state index in [1.807, 2.05) is 13.8 Å². The molecule has 3 heteroatoms. The Balaban J connectivity index is 3.43. The lowest BCUT2D eigenvalue weighted by molar-refractivity contribution is -0.123. The lowest BCUT2D eigenvalue weighted by atomic mass is 10.1. The molecule has 0 saturated heterocycles. The van der Waals surface area contributed by atoms with Crippen molar-refractivity contribution < 1.29 is 4.79 Å². The molecule has 0 rings (SSSR count). The fourth-order valence-electron chi connectivity index (χ4n) is 0.925. The summed E-state index contributed by atoms with van der Waals surface area (Å²) in [6.45, 7) is 11.9. The van der Waals surface area contributed by atoms with Gasteiger partial charge in [0.1, 0.15) is 0 Å². The molecule has 0 bridgehead atoms. The molecule has 0 spiro atoms. The van der Waals surface area contributed by atoms with Crippen LogP contribution in [-0.2, 0) is 4.79 Å². The van der Waals surface area contributed by atoms with Gasteiger partial charge in [-0.3, -0.25) is 4.79 Å². The van der Waals surface area contributed by atoms with Crippen molar-refractivity contribution in [2.24, 2.45) is 11.8 Å². The summed E-state index contributed by atoms with van der Waals surface area (Å²) in [5, 5.41) is 6.24. The Hall–Kier alpha value is -0.570. The molecule has 0 aliphatic heterocycles. The van der Waals surface area contributed by atoms with Crippen LogP contribution in [0.25, 0.3) is 0 Å². The number of hydrogen-bond acceptors (Lipinski definition) is 2. The van der Waals surface area contributed by atoms with Crippen LogP contribution in [0.4, 0.5) is 0 Å². The van der Waals surface area contributed by atoms with Crippen LogP contribution in [0.5, 0.6) is 0 Å². The summed E-state index contributed by atoms with van der Waals surface area (Å²) in [6, 6.07) is 0.506. The number of nitrogens with one attached hydrogen (secondary N) is 2. The standard InChI is InChI=1S/C11H24N2O/c1-8(2)10(5)12-6-7-13-11(14)9(3)4/h8-10,12H,6-7H2,1-5H3,(H,13,14). The first-order valence-electron chi connectivity index (χ1n) is 5.46. The van der Waals surface area contributed by atoms with Crippen molar-refractivity contribution in [3.8, 4) is 0 Å². The molecule has 1 atom stereocenters. The fraction of sp³-hybridized carbons (Fsp3) is 0.909. The molecule has 0 aliphatic rings. The van der Waals surface area contributed by atoms with Crippen molar-refractivity contribution in [2.45, 2.75) is 40.7 Å². The average Bonchev–Trinajstić information content (AvgIpc) is 2.11. The van der Waals surface area contributed by atoms with Crippen molar-refractivity contribution in [1.82, 2.24) is 10.6 Å². The SMILES string of the molecule is CC(C)C(=O)NCCNC(C)C(C)C. The molecule has 0 heterocycles. The molecular weight excluding hydrogens is 176 g/mol. The Morgan fingerprint density at radius 3 is 2.07 bits per heavy atom. The summed E-state index contributed by atoms with van der Waals surface area (Å²) in [4.78, 5) is 11.2. The molecule has 2 N–H and O–H groups in total. The second kappa shape index (κ2) is 6.82. The van der Waals surface area contributed by atoms with E-state index in [1.54, 1.807) is 0 Å². The van der Waals surface area contributed by atoms with E-state index in [0.29, 0.717) is 18.5 Å². The smallest absolute Gasteiger partial charge is 0.222 e. The summed E-state index contributed by atoms with van der Waals surface area (Å²) in [7, 11) is 0. The van der Waals surface area contributed by atoms with Gasteiger partial charge in [0.2, 0.25) is 5.91 Å². The van der Waals surface area contributed by atoms with Crippen LogP contribution in [0, 0.1) is 11.8 Å². The molecule has 14 heavy (non-hydrogen) atoms. The Kier molecular flexibility index (Phi) is 6.54. The van der Waals surface area contributed by atoms with Crippen LogP contribution in [-0.4, -0.2) is 25.0 Å². The Morgan fingerprint density at radius 2 is 1.64 bits per heavy atom. The van der Waals surface area contributed by atoms with Gasteiger partial charge < -0.3 is 10.6 Å². The molecule has 0 aromatic heterocycles. The minimum Gasteiger partial charge on any atom is -0.355 e. The highest BCUT2D eigenvalue weighted by atomic mass is 16.1. The zero-order valence-corrected chi connectivity index (χ0v) is 10.1. The second-order valence-electron chi connectivity index (χ2n) is 4.43. The Morgan fingerprint density at radius 1 is 1.07 bits per heavy atom. The van der Waals surface area contributed by atoms with Crippen LogP contribution < -0.4 is 10.6 Å². The zero-order chi connectivity index (χ0) is 11.1. The first-order valence-corrected chi connectivity index (χ1v) is 5.46. The average molecular weight is 200 g/mol. The number of amides is 1. The summed E-state index contributed by atoms with van der Waals surface area (Å²) < 4.78 is 0. The van der Waals surface area contributed by atoms with Crippen LogP contribution in [0.15, 0.2) is 0 Å². The van der Waals surface area contributed by atoms with Gasteiger partial charge in [-0.2, -0.15) is 0 Å². The van der Waals surface area contributed by atoms with E-state index >= 15 is 0 Å². The molecule has 1 amide bonds. The number of carbonyl (C=O) groups excluding carboxylic acids is 1. The zero-order valence-electron chi connectivity index (χ0n) is 10.1. The fourth-order valence-corrected chi connectivity index (χ4v) is 0.925. The van der Waals surface area contributed by atoms with Gasteiger partial charge >= 0.3 is 0 Å². The summed E-state index contributed by atoms with van der Waals surface area (Å²) >= 11 is 0. The third-order valence-electron chi connectivity index (χ3n) is 2.41. The maximum Gasteiger partial charge on any atom is 0.222 e. The van der Waals surface area contributed by atoms with Gasteiger partial charge in [0.15, 0.2) is 0 Å². The van der Waals surface area contributed by atoms with Crippen molar-refractivity contribution in [1.29, 1.82) is 0 Å². The van der Waals surface area contributed by atoms with Gasteiger partial charge in [-0.15, -0.1) is 0 Å². The summed E-state index contributed by atoms with van der Waals surface area (Å²) in [6.07, 6.45) is 0. The molecule has 84 valence electrons. The van der Waals surface area contributed by atoms with E-state index < -0.39 is 0 Å². The highest BCUT2D eigenvalue weighted by Crippen LogP contribution is 1.98. The van der Waals surface area contributed by atoms with Crippen LogP contribution >= 0.6 is 0 Å². The van der Waals surface area contributed by atoms with E-state index in [0.717, 1.165) is 6.54 Å². The third-order valence-corrected chi connectivity index (χ3v) is 2.41. The molecule has 0 saturated carbocycles. The highest BCUT2D eigenvalue weighted by Gasteiger charge is 2.07. The number of carbonyl (C=O) groups is 1. The minimum atomic E-state index is 0.0810. The number of hydrogen-bond donors (Lipinski definition) is 2. The normalized spacial score (nSPS) is 13.4. The van der Waals surface area contributed by atoms with Gasteiger partial charge in [0.05, 0.1) is 0 Å². The monoisotopic (exact) mass is 200 g/mol. The first-order chi connectivity index (χ1) is 6.45. The molecule has 3 nitrogen and oxygen atoms in total. The molecule has 1 unspecified atom stereocenters. The summed E-state index contributed by atoms with van der Waals surface area (Å²) in [5.74, 6) is 0.845. The van der Waals surface area contributed by atoms with E-state index in [9.17, 15) is 4.79 Å². The molecule has 0 aromatic carbocycles. The number of rotatable bonds is 6. The minimum absolute atomic E-state index is 0.0810. The topological polar surface area (TPSA) is 41.1 Å². The van der Waals surface area contributed by atoms with Gasteiger partial charge in [-0.05, 0) is 12.8 Å². The lowest BCUT2D eigenvalue weighted by Gasteiger charge is -2.17. The van der Waals surface area contributed by atoms with Gasteiger partial charge in [0, 0.05) is 25.0 Å².